The van der Waals surface area contributed by atoms with Gasteiger partial charge in [0.2, 0.25) is 0 Å². The molecule has 0 radical (unpaired) electrons. The van der Waals surface area contributed by atoms with Crippen molar-refractivity contribution in [3.63, 3.8) is 0 Å². The zero-order valence-electron chi connectivity index (χ0n) is 9.43. The first-order valence-corrected chi connectivity index (χ1v) is 7.10. The average Bonchev–Trinajstić information content (AvgIpc) is 2.38. The molecule has 16 heavy (non-hydrogen) atoms. The van der Waals surface area contributed by atoms with Gasteiger partial charge in [0.25, 0.3) is 0 Å². The summed E-state index contributed by atoms with van der Waals surface area (Å²) in [5.41, 5.74) is 0. The Bertz CT molecular complexity index is 406. The molecule has 2 aromatic carbocycles. The molecule has 0 aromatic heterocycles. The predicted molar refractivity (Wildman–Crippen MR) is 75.3 cm³/mol. The molecule has 0 unspecified atom stereocenters. The highest BCUT2D eigenvalue weighted by molar-refractivity contribution is 7.75. The Kier molecular flexibility index (Phi) is 3.91. The van der Waals surface area contributed by atoms with E-state index in [1.54, 1.807) is 0 Å². The van der Waals surface area contributed by atoms with Gasteiger partial charge in [-0.25, -0.2) is 0 Å². The van der Waals surface area contributed by atoms with Crippen molar-refractivity contribution >= 4 is 18.5 Å². The Labute approximate surface area is 98.4 Å². The number of hydrogen-bond donors (Lipinski definition) is 0. The Morgan fingerprint density at radius 2 is 1.19 bits per heavy atom. The lowest BCUT2D eigenvalue weighted by Gasteiger charge is -2.05. The minimum Gasteiger partial charge on any atom is -0.0620 e. The monoisotopic (exact) mass is 227 g/mol. The lowest BCUT2D eigenvalue weighted by Crippen LogP contribution is -2.09. The summed E-state index contributed by atoms with van der Waals surface area (Å²) >= 11 is 0. The van der Waals surface area contributed by atoms with E-state index in [1.165, 1.54) is 10.6 Å². The van der Waals surface area contributed by atoms with Gasteiger partial charge in [-0.1, -0.05) is 42.5 Å². The highest BCUT2D eigenvalue weighted by atomic mass is 31.1. The van der Waals surface area contributed by atoms with Gasteiger partial charge in [0.15, 0.2) is 0 Å². The lowest BCUT2D eigenvalue weighted by atomic mass is 10.4. The maximum Gasteiger partial charge on any atom is 0.101 e. The van der Waals surface area contributed by atoms with Crippen molar-refractivity contribution < 1.29 is 0 Å². The van der Waals surface area contributed by atoms with Crippen LogP contribution in [0.2, 0.25) is 0 Å². The largest absolute Gasteiger partial charge is 0.101 e. The lowest BCUT2D eigenvalue weighted by molar-refractivity contribution is 1.74. The van der Waals surface area contributed by atoms with E-state index in [0.717, 1.165) is 0 Å². The van der Waals surface area contributed by atoms with Crippen molar-refractivity contribution in [2.24, 2.45) is 0 Å². The Morgan fingerprint density at radius 1 is 0.750 bits per heavy atom. The quantitative estimate of drug-likeness (QED) is 0.705. The summed E-state index contributed by atoms with van der Waals surface area (Å²) in [6.07, 6.45) is 2.16. The summed E-state index contributed by atoms with van der Waals surface area (Å²) in [6, 6.07) is 21.5. The summed E-state index contributed by atoms with van der Waals surface area (Å²) in [7, 11) is -0.731. The normalized spacial score (nSPS) is 11.1. The van der Waals surface area contributed by atoms with Gasteiger partial charge in [-0.2, -0.15) is 0 Å². The second-order valence-corrected chi connectivity index (χ2v) is 5.96. The van der Waals surface area contributed by atoms with E-state index in [2.05, 4.69) is 79.5 Å². The van der Waals surface area contributed by atoms with Crippen LogP contribution in [0.3, 0.4) is 0 Å². The zero-order chi connectivity index (χ0) is 11.2. The van der Waals surface area contributed by atoms with Gasteiger partial charge in [-0.3, -0.25) is 0 Å². The standard InChI is InChI=1S/C15H15P/c1-2-13-16(14-9-5-3-6-10-14)15-11-7-4-8-12-15/h2-13H,1H3/p+1. The maximum atomic E-state index is 2.34. The second kappa shape index (κ2) is 5.63. The van der Waals surface area contributed by atoms with Crippen molar-refractivity contribution in [2.75, 3.05) is 0 Å². The van der Waals surface area contributed by atoms with Gasteiger partial charge in [0, 0.05) is 0 Å². The minimum absolute atomic E-state index is 0.731. The predicted octanol–water partition coefficient (Wildman–Crippen LogP) is 3.39. The molecule has 2 rings (SSSR count). The van der Waals surface area contributed by atoms with Gasteiger partial charge in [-0.15, -0.1) is 0 Å². The van der Waals surface area contributed by atoms with Crippen LogP contribution >= 0.6 is 7.92 Å². The molecule has 0 spiro atoms. The second-order valence-electron chi connectivity index (χ2n) is 3.65. The van der Waals surface area contributed by atoms with Crippen molar-refractivity contribution in [3.05, 3.63) is 72.6 Å². The summed E-state index contributed by atoms with van der Waals surface area (Å²) < 4.78 is 0. The average molecular weight is 227 g/mol. The van der Waals surface area contributed by atoms with Crippen LogP contribution in [-0.2, 0) is 0 Å². The molecular formula is C15H16P+. The van der Waals surface area contributed by atoms with E-state index >= 15 is 0 Å². The Hall–Kier alpha value is -1.39. The van der Waals surface area contributed by atoms with Crippen molar-refractivity contribution in [1.29, 1.82) is 0 Å². The Morgan fingerprint density at radius 3 is 1.56 bits per heavy atom. The number of rotatable bonds is 3. The first-order chi connectivity index (χ1) is 7.92. The van der Waals surface area contributed by atoms with Gasteiger partial charge in [0.05, 0.1) is 13.7 Å². The third kappa shape index (κ3) is 2.59. The summed E-state index contributed by atoms with van der Waals surface area (Å²) in [6.45, 7) is 2.09. The van der Waals surface area contributed by atoms with Gasteiger partial charge >= 0.3 is 0 Å². The SMILES string of the molecule is CC=C[PH+](c1ccccc1)c1ccccc1. The fourth-order valence-electron chi connectivity index (χ4n) is 1.76. The molecule has 0 heterocycles. The molecule has 0 aliphatic heterocycles. The van der Waals surface area contributed by atoms with Crippen molar-refractivity contribution in [3.8, 4) is 0 Å². The Balaban J connectivity index is 2.39. The highest BCUT2D eigenvalue weighted by Crippen LogP contribution is 2.34. The molecule has 0 N–H and O–H groups in total. The fourth-order valence-corrected chi connectivity index (χ4v) is 3.92. The third-order valence-electron chi connectivity index (χ3n) is 2.50. The van der Waals surface area contributed by atoms with E-state index in [0.29, 0.717) is 0 Å². The van der Waals surface area contributed by atoms with E-state index < -0.39 is 7.92 Å². The molecule has 0 amide bonds. The van der Waals surface area contributed by atoms with Gasteiger partial charge in [0.1, 0.15) is 10.6 Å². The molecule has 0 nitrogen and oxygen atoms in total. The van der Waals surface area contributed by atoms with E-state index in [9.17, 15) is 0 Å². The molecule has 80 valence electrons. The van der Waals surface area contributed by atoms with E-state index in [-0.39, 0.29) is 0 Å². The molecule has 0 saturated carbocycles. The van der Waals surface area contributed by atoms with Gasteiger partial charge in [-0.05, 0) is 31.2 Å². The summed E-state index contributed by atoms with van der Waals surface area (Å²) in [5, 5.41) is 2.88. The first kappa shape index (κ1) is 11.1. The molecule has 0 fully saturated rings. The van der Waals surface area contributed by atoms with Crippen LogP contribution in [0.25, 0.3) is 0 Å². The van der Waals surface area contributed by atoms with Crippen LogP contribution in [-0.4, -0.2) is 0 Å². The van der Waals surface area contributed by atoms with Crippen LogP contribution < -0.4 is 10.6 Å². The van der Waals surface area contributed by atoms with E-state index in [1.807, 2.05) is 0 Å². The first-order valence-electron chi connectivity index (χ1n) is 5.52. The van der Waals surface area contributed by atoms with Gasteiger partial charge < -0.3 is 0 Å². The molecule has 0 saturated heterocycles. The topological polar surface area (TPSA) is 0 Å². The third-order valence-corrected chi connectivity index (χ3v) is 5.08. The summed E-state index contributed by atoms with van der Waals surface area (Å²) in [5.74, 6) is 2.34. The molecule has 0 bridgehead atoms. The van der Waals surface area contributed by atoms with Crippen LogP contribution in [0, 0.1) is 0 Å². The smallest absolute Gasteiger partial charge is 0.0620 e. The van der Waals surface area contributed by atoms with Crippen LogP contribution in [0.5, 0.6) is 0 Å². The highest BCUT2D eigenvalue weighted by Gasteiger charge is 2.17. The van der Waals surface area contributed by atoms with Crippen LogP contribution in [0.4, 0.5) is 0 Å². The van der Waals surface area contributed by atoms with E-state index in [4.69, 9.17) is 0 Å². The molecule has 1 heteroatoms. The van der Waals surface area contributed by atoms with Crippen LogP contribution in [0.1, 0.15) is 6.92 Å². The zero-order valence-corrected chi connectivity index (χ0v) is 10.4. The number of allylic oxidation sites excluding steroid dienone is 1. The maximum absolute atomic E-state index is 2.34. The molecule has 2 aromatic rings. The number of benzene rings is 2. The summed E-state index contributed by atoms with van der Waals surface area (Å²) in [4.78, 5) is 0. The molecular weight excluding hydrogens is 211 g/mol. The molecule has 0 atom stereocenters. The fraction of sp³-hybridized carbons (Fsp3) is 0.0667. The van der Waals surface area contributed by atoms with Crippen molar-refractivity contribution in [2.45, 2.75) is 6.92 Å². The minimum atomic E-state index is -0.731. The molecule has 0 aliphatic rings. The molecule has 0 aliphatic carbocycles. The van der Waals surface area contributed by atoms with Crippen LogP contribution in [0.15, 0.2) is 72.6 Å². The van der Waals surface area contributed by atoms with Crippen molar-refractivity contribution in [1.82, 2.24) is 0 Å². The number of hydrogen-bond acceptors (Lipinski definition) is 0.